The second kappa shape index (κ2) is 17.3. The molecule has 2 unspecified atom stereocenters. The van der Waals surface area contributed by atoms with Crippen molar-refractivity contribution in [2.45, 2.75) is 64.4 Å². The molecule has 17 rings (SSSR count). The molecule has 0 saturated heterocycles. The van der Waals surface area contributed by atoms with Gasteiger partial charge in [0, 0.05) is 107 Å². The lowest BCUT2D eigenvalue weighted by atomic mass is 9.86. The van der Waals surface area contributed by atoms with Gasteiger partial charge < -0.3 is 32.2 Å². The number of rotatable bonds is 6. The number of allylic oxidation sites excluding steroid dienone is 1. The topological polar surface area (TPSA) is 68.3 Å². The summed E-state index contributed by atoms with van der Waals surface area (Å²) in [6, 6.07) is 71.6. The Labute approximate surface area is 478 Å². The number of furan rings is 4. The highest BCUT2D eigenvalue weighted by molar-refractivity contribution is 6.20. The maximum atomic E-state index is 6.87. The van der Waals surface area contributed by atoms with Crippen LogP contribution >= 0.6 is 0 Å². The van der Waals surface area contributed by atoms with Gasteiger partial charge >= 0.3 is 0 Å². The average Bonchev–Trinajstić information content (AvgIpc) is 4.52. The van der Waals surface area contributed by atoms with Crippen molar-refractivity contribution in [3.63, 3.8) is 0 Å². The fraction of sp³-hybridized carbons (Fsp3) is 0.132. The SMILES string of the molecule is CC(C)(C)c1ccc(N(C2=CC3Oc4ccc5ccccc5c4C3C=C2)c2ccc3c(c2)oc2cc4c(cc23)oc2cc3c(cc24)oc2cc(N(c4ccc(C(C)(C)C)cc4)c4ccc5c(c4)oc4ccc6ccccc6c45)ccc23)cc1. The zero-order valence-corrected chi connectivity index (χ0v) is 46.9. The minimum atomic E-state index is -0.142. The first-order valence-electron chi connectivity index (χ1n) is 28.8. The number of nitrogens with zero attached hydrogens (tertiary/aromatic N) is 2. The Kier molecular flexibility index (Phi) is 9.95. The summed E-state index contributed by atoms with van der Waals surface area (Å²) < 4.78 is 33.9. The quantitative estimate of drug-likeness (QED) is 0.164. The molecule has 0 bridgehead atoms. The summed E-state index contributed by atoms with van der Waals surface area (Å²) in [6.07, 6.45) is 6.71. The Morgan fingerprint density at radius 3 is 1.35 bits per heavy atom. The third kappa shape index (κ3) is 7.43. The summed E-state index contributed by atoms with van der Waals surface area (Å²) in [5.74, 6) is 1.07. The molecule has 7 nitrogen and oxygen atoms in total. The summed E-state index contributed by atoms with van der Waals surface area (Å²) in [4.78, 5) is 4.61. The lowest BCUT2D eigenvalue weighted by molar-refractivity contribution is 0.267. The number of fused-ring (bicyclic) bond motifs is 19. The fourth-order valence-corrected chi connectivity index (χ4v) is 13.4. The van der Waals surface area contributed by atoms with E-state index in [1.54, 1.807) is 0 Å². The molecule has 4 aromatic heterocycles. The minimum Gasteiger partial charge on any atom is -0.485 e. The number of benzene rings is 11. The largest absolute Gasteiger partial charge is 0.485 e. The summed E-state index contributed by atoms with van der Waals surface area (Å²) in [5, 5.41) is 13.0. The average molecular weight is 1080 g/mol. The number of anilines is 5. The van der Waals surface area contributed by atoms with Crippen LogP contribution in [-0.4, -0.2) is 6.10 Å². The van der Waals surface area contributed by atoms with Crippen LogP contribution in [0.3, 0.4) is 0 Å². The van der Waals surface area contributed by atoms with E-state index in [9.17, 15) is 0 Å². The van der Waals surface area contributed by atoms with Crippen molar-refractivity contribution in [3.8, 4) is 5.75 Å². The molecule has 400 valence electrons. The van der Waals surface area contributed by atoms with Crippen molar-refractivity contribution in [2.75, 3.05) is 9.80 Å². The second-order valence-corrected chi connectivity index (χ2v) is 24.8. The molecule has 0 fully saturated rings. The van der Waals surface area contributed by atoms with Crippen LogP contribution in [-0.2, 0) is 10.8 Å². The third-order valence-electron chi connectivity index (χ3n) is 17.7. The van der Waals surface area contributed by atoms with Gasteiger partial charge in [-0.15, -0.1) is 0 Å². The number of ether oxygens (including phenoxy) is 1. The number of hydrogen-bond donors (Lipinski definition) is 0. The van der Waals surface area contributed by atoms with Crippen LogP contribution in [0.2, 0.25) is 0 Å². The first-order chi connectivity index (χ1) is 40.3. The van der Waals surface area contributed by atoms with Crippen LogP contribution in [0.5, 0.6) is 5.75 Å². The third-order valence-corrected chi connectivity index (χ3v) is 17.7. The summed E-state index contributed by atoms with van der Waals surface area (Å²) in [7, 11) is 0. The van der Waals surface area contributed by atoms with Crippen LogP contribution < -0.4 is 14.5 Å². The van der Waals surface area contributed by atoms with E-state index in [1.165, 1.54) is 38.2 Å². The normalized spacial score (nSPS) is 15.5. The van der Waals surface area contributed by atoms with Crippen molar-refractivity contribution in [2.24, 2.45) is 0 Å². The van der Waals surface area contributed by atoms with Gasteiger partial charge in [-0.2, -0.15) is 0 Å². The van der Waals surface area contributed by atoms with Crippen LogP contribution in [0.15, 0.2) is 242 Å². The second-order valence-electron chi connectivity index (χ2n) is 24.8. The highest BCUT2D eigenvalue weighted by Crippen LogP contribution is 2.49. The molecule has 2 atom stereocenters. The molecule has 0 radical (unpaired) electrons. The zero-order valence-electron chi connectivity index (χ0n) is 46.9. The summed E-state index contributed by atoms with van der Waals surface area (Å²) in [6.45, 7) is 13.5. The molecule has 2 aliphatic rings. The first-order valence-corrected chi connectivity index (χ1v) is 28.8. The smallest absolute Gasteiger partial charge is 0.137 e. The van der Waals surface area contributed by atoms with Gasteiger partial charge in [0.15, 0.2) is 0 Å². The Morgan fingerprint density at radius 2 is 0.783 bits per heavy atom. The Morgan fingerprint density at radius 1 is 0.349 bits per heavy atom. The van der Waals surface area contributed by atoms with E-state index in [2.05, 4.69) is 270 Å². The van der Waals surface area contributed by atoms with Crippen LogP contribution in [0, 0.1) is 0 Å². The Balaban J connectivity index is 0.742. The molecule has 0 spiro atoms. The molecule has 1 aliphatic heterocycles. The standard InChI is InChI=1S/C76H56N2O5/c1-75(2,3)45-17-21-47(22-18-45)77(51-27-31-57-67(37-51)79-63-33-15-43-11-7-9-13-53(43)73(57)63)49-25-29-55-59-39-71-61(41-69(59)81-65(55)35-49)62-42-70-60(40-72(62)83-71)56-30-26-50(36-66(56)82-70)78(48-23-19-46(20-24-48)76(4,5)6)52-28-32-58-68(38-52)80-64-34-16-44-12-8-10-14-54(44)74(58)64/h7-42,57,67H,1-6H3. The van der Waals surface area contributed by atoms with E-state index < -0.39 is 0 Å². The lowest BCUT2D eigenvalue weighted by Crippen LogP contribution is -2.24. The molecule has 0 saturated carbocycles. The van der Waals surface area contributed by atoms with Crippen molar-refractivity contribution in [3.05, 3.63) is 241 Å². The first kappa shape index (κ1) is 47.8. The predicted octanol–water partition coefficient (Wildman–Crippen LogP) is 21.8. The van der Waals surface area contributed by atoms with Gasteiger partial charge in [-0.05, 0) is 153 Å². The van der Waals surface area contributed by atoms with Gasteiger partial charge in [-0.1, -0.05) is 133 Å². The Bertz CT molecular complexity index is 5280. The summed E-state index contributed by atoms with van der Waals surface area (Å²) >= 11 is 0. The van der Waals surface area contributed by atoms with Gasteiger partial charge in [0.2, 0.25) is 0 Å². The monoisotopic (exact) mass is 1080 g/mol. The van der Waals surface area contributed by atoms with E-state index in [0.29, 0.717) is 0 Å². The van der Waals surface area contributed by atoms with Crippen LogP contribution in [0.4, 0.5) is 28.4 Å². The Hall–Kier alpha value is -9.98. The van der Waals surface area contributed by atoms with Crippen molar-refractivity contribution >= 4 is 138 Å². The van der Waals surface area contributed by atoms with Gasteiger partial charge in [-0.25, -0.2) is 0 Å². The molecule has 1 aliphatic carbocycles. The molecular weight excluding hydrogens is 1020 g/mol. The molecule has 15 aromatic rings. The molecule has 83 heavy (non-hydrogen) atoms. The maximum Gasteiger partial charge on any atom is 0.137 e. The molecular formula is C76H56N2O5. The fourth-order valence-electron chi connectivity index (χ4n) is 13.4. The number of hydrogen-bond acceptors (Lipinski definition) is 7. The van der Waals surface area contributed by atoms with Crippen molar-refractivity contribution < 1.29 is 22.4 Å². The van der Waals surface area contributed by atoms with E-state index in [1.807, 2.05) is 0 Å². The van der Waals surface area contributed by atoms with Crippen molar-refractivity contribution in [1.82, 2.24) is 0 Å². The van der Waals surface area contributed by atoms with Crippen molar-refractivity contribution in [1.29, 1.82) is 0 Å². The van der Waals surface area contributed by atoms with Gasteiger partial charge in [0.05, 0.1) is 0 Å². The molecule has 0 amide bonds. The van der Waals surface area contributed by atoms with Crippen LogP contribution in [0.25, 0.3) is 109 Å². The van der Waals surface area contributed by atoms with E-state index in [4.69, 9.17) is 22.4 Å². The van der Waals surface area contributed by atoms with Gasteiger partial charge in [0.1, 0.15) is 56.5 Å². The summed E-state index contributed by atoms with van der Waals surface area (Å²) in [5.41, 5.74) is 16.3. The lowest BCUT2D eigenvalue weighted by Gasteiger charge is -2.30. The molecule has 0 N–H and O–H groups in total. The van der Waals surface area contributed by atoms with E-state index in [0.717, 1.165) is 128 Å². The highest BCUT2D eigenvalue weighted by atomic mass is 16.5. The zero-order chi connectivity index (χ0) is 55.6. The van der Waals surface area contributed by atoms with Gasteiger partial charge in [-0.3, -0.25) is 0 Å². The van der Waals surface area contributed by atoms with E-state index in [-0.39, 0.29) is 22.9 Å². The highest BCUT2D eigenvalue weighted by Gasteiger charge is 2.36. The van der Waals surface area contributed by atoms with E-state index >= 15 is 0 Å². The van der Waals surface area contributed by atoms with Crippen LogP contribution in [0.1, 0.15) is 64.2 Å². The maximum absolute atomic E-state index is 6.87. The predicted molar refractivity (Wildman–Crippen MR) is 342 cm³/mol. The molecule has 7 heteroatoms. The van der Waals surface area contributed by atoms with Gasteiger partial charge in [0.25, 0.3) is 0 Å². The minimum absolute atomic E-state index is 0.00910. The molecule has 11 aromatic carbocycles. The molecule has 5 heterocycles.